The molecule has 1 aliphatic heterocycles. The molecule has 2 atom stereocenters. The first-order chi connectivity index (χ1) is 10.2. The fourth-order valence-electron chi connectivity index (χ4n) is 3.00. The van der Waals surface area contributed by atoms with Crippen LogP contribution in [0.15, 0.2) is 22.7 Å². The molecule has 1 aromatic carbocycles. The highest BCUT2D eigenvalue weighted by Gasteiger charge is 2.25. The summed E-state index contributed by atoms with van der Waals surface area (Å²) in [5.74, 6) is 1.89. The number of aryl methyl sites for hydroxylation is 2. The lowest BCUT2D eigenvalue weighted by atomic mass is 9.99. The van der Waals surface area contributed by atoms with Gasteiger partial charge in [-0.1, -0.05) is 31.1 Å². The van der Waals surface area contributed by atoms with E-state index >= 15 is 0 Å². The van der Waals surface area contributed by atoms with Crippen molar-refractivity contribution in [1.82, 2.24) is 10.1 Å². The van der Waals surface area contributed by atoms with Gasteiger partial charge in [0, 0.05) is 24.1 Å². The smallest absolute Gasteiger partial charge is 0.229 e. The molecule has 4 heteroatoms. The van der Waals surface area contributed by atoms with Crippen LogP contribution in [0.3, 0.4) is 0 Å². The van der Waals surface area contributed by atoms with E-state index < -0.39 is 0 Å². The molecule has 0 saturated heterocycles. The normalized spacial score (nSPS) is 18.3. The third kappa shape index (κ3) is 3.09. The van der Waals surface area contributed by atoms with Gasteiger partial charge in [0.2, 0.25) is 5.89 Å². The Morgan fingerprint density at radius 2 is 2.29 bits per heavy atom. The Morgan fingerprint density at radius 1 is 1.43 bits per heavy atom. The molecular formula is C17H23N3O. The minimum Gasteiger partial charge on any atom is -0.382 e. The number of rotatable bonds is 5. The van der Waals surface area contributed by atoms with Crippen molar-refractivity contribution < 1.29 is 4.52 Å². The summed E-state index contributed by atoms with van der Waals surface area (Å²) in [6.07, 6.45) is 4.03. The summed E-state index contributed by atoms with van der Waals surface area (Å²) in [5.41, 5.74) is 4.00. The molecule has 1 aromatic heterocycles. The molecule has 0 aliphatic carbocycles. The second-order valence-corrected chi connectivity index (χ2v) is 6.14. The molecule has 0 bridgehead atoms. The predicted molar refractivity (Wildman–Crippen MR) is 83.6 cm³/mol. The quantitative estimate of drug-likeness (QED) is 0.906. The van der Waals surface area contributed by atoms with Crippen molar-refractivity contribution in [1.29, 1.82) is 0 Å². The SMILES string of the molecule is CCCc1noc(C(C)CC2Cc3ccc(C)cc3N2)n1. The summed E-state index contributed by atoms with van der Waals surface area (Å²) < 4.78 is 5.40. The van der Waals surface area contributed by atoms with E-state index in [0.29, 0.717) is 6.04 Å². The lowest BCUT2D eigenvalue weighted by Crippen LogP contribution is -2.18. The molecule has 0 fully saturated rings. The topological polar surface area (TPSA) is 51.0 Å². The maximum atomic E-state index is 5.40. The van der Waals surface area contributed by atoms with Crippen molar-refractivity contribution in [2.24, 2.45) is 0 Å². The van der Waals surface area contributed by atoms with Gasteiger partial charge in [-0.25, -0.2) is 0 Å². The summed E-state index contributed by atoms with van der Waals surface area (Å²) in [6, 6.07) is 7.10. The summed E-state index contributed by atoms with van der Waals surface area (Å²) in [5, 5.41) is 7.66. The van der Waals surface area contributed by atoms with E-state index in [2.05, 4.69) is 54.4 Å². The maximum Gasteiger partial charge on any atom is 0.229 e. The summed E-state index contributed by atoms with van der Waals surface area (Å²) in [6.45, 7) is 6.42. The van der Waals surface area contributed by atoms with Crippen molar-refractivity contribution in [3.8, 4) is 0 Å². The number of nitrogens with zero attached hydrogens (tertiary/aromatic N) is 2. The van der Waals surface area contributed by atoms with Gasteiger partial charge >= 0.3 is 0 Å². The van der Waals surface area contributed by atoms with Crippen LogP contribution in [0.4, 0.5) is 5.69 Å². The third-order valence-corrected chi connectivity index (χ3v) is 4.11. The van der Waals surface area contributed by atoms with Crippen molar-refractivity contribution in [2.45, 2.75) is 58.4 Å². The number of hydrogen-bond acceptors (Lipinski definition) is 4. The molecule has 1 N–H and O–H groups in total. The highest BCUT2D eigenvalue weighted by molar-refractivity contribution is 5.58. The standard InChI is InChI=1S/C17H23N3O/c1-4-5-16-19-17(21-20-16)12(3)9-14-10-13-7-6-11(2)8-15(13)18-14/h6-8,12,14,18H,4-5,9-10H2,1-3H3. The minimum atomic E-state index is 0.288. The Labute approximate surface area is 126 Å². The monoisotopic (exact) mass is 285 g/mol. The second kappa shape index (κ2) is 5.88. The fourth-order valence-corrected chi connectivity index (χ4v) is 3.00. The van der Waals surface area contributed by atoms with E-state index in [-0.39, 0.29) is 5.92 Å². The zero-order chi connectivity index (χ0) is 14.8. The van der Waals surface area contributed by atoms with Crippen LogP contribution in [0, 0.1) is 6.92 Å². The average molecular weight is 285 g/mol. The van der Waals surface area contributed by atoms with Crippen molar-refractivity contribution in [3.63, 3.8) is 0 Å². The lowest BCUT2D eigenvalue weighted by Gasteiger charge is -2.14. The first kappa shape index (κ1) is 14.1. The van der Waals surface area contributed by atoms with Crippen LogP contribution in [-0.4, -0.2) is 16.2 Å². The first-order valence-electron chi connectivity index (χ1n) is 7.84. The molecule has 2 unspecified atom stereocenters. The maximum absolute atomic E-state index is 5.40. The van der Waals surface area contributed by atoms with E-state index in [0.717, 1.165) is 37.4 Å². The molecule has 0 amide bonds. The minimum absolute atomic E-state index is 0.288. The van der Waals surface area contributed by atoms with Crippen molar-refractivity contribution >= 4 is 5.69 Å². The van der Waals surface area contributed by atoms with Crippen molar-refractivity contribution in [2.75, 3.05) is 5.32 Å². The largest absolute Gasteiger partial charge is 0.382 e. The first-order valence-corrected chi connectivity index (χ1v) is 7.84. The van der Waals surface area contributed by atoms with Crippen LogP contribution >= 0.6 is 0 Å². The zero-order valence-corrected chi connectivity index (χ0v) is 13.0. The van der Waals surface area contributed by atoms with Gasteiger partial charge < -0.3 is 9.84 Å². The number of fused-ring (bicyclic) bond motifs is 1. The molecule has 2 aromatic rings. The third-order valence-electron chi connectivity index (χ3n) is 4.11. The number of anilines is 1. The van der Waals surface area contributed by atoms with Crippen molar-refractivity contribution in [3.05, 3.63) is 41.0 Å². The van der Waals surface area contributed by atoms with Gasteiger partial charge in [0.15, 0.2) is 5.82 Å². The van der Waals surface area contributed by atoms with E-state index in [9.17, 15) is 0 Å². The number of hydrogen-bond donors (Lipinski definition) is 1. The summed E-state index contributed by atoms with van der Waals surface area (Å²) in [7, 11) is 0. The Morgan fingerprint density at radius 3 is 3.10 bits per heavy atom. The van der Waals surface area contributed by atoms with E-state index in [4.69, 9.17) is 4.52 Å². The Hall–Kier alpha value is -1.84. The van der Waals surface area contributed by atoms with Gasteiger partial charge in [-0.2, -0.15) is 4.98 Å². The number of nitrogens with one attached hydrogen (secondary N) is 1. The molecule has 0 spiro atoms. The molecular weight excluding hydrogens is 262 g/mol. The molecule has 4 nitrogen and oxygen atoms in total. The Bertz CT molecular complexity index is 620. The fraction of sp³-hybridized carbons (Fsp3) is 0.529. The van der Waals surface area contributed by atoms with Crippen LogP contribution in [0.25, 0.3) is 0 Å². The molecule has 2 heterocycles. The predicted octanol–water partition coefficient (Wildman–Crippen LogP) is 3.86. The van der Waals surface area contributed by atoms with Crippen LogP contribution < -0.4 is 5.32 Å². The van der Waals surface area contributed by atoms with Gasteiger partial charge in [0.05, 0.1) is 0 Å². The zero-order valence-electron chi connectivity index (χ0n) is 13.0. The Kier molecular flexibility index (Phi) is 3.95. The van der Waals surface area contributed by atoms with Gasteiger partial charge in [-0.3, -0.25) is 0 Å². The molecule has 3 rings (SSSR count). The second-order valence-electron chi connectivity index (χ2n) is 6.14. The molecule has 1 aliphatic rings. The Balaban J connectivity index is 1.62. The van der Waals surface area contributed by atoms with Gasteiger partial charge in [0.25, 0.3) is 0 Å². The molecule has 112 valence electrons. The average Bonchev–Trinajstić information content (AvgIpc) is 3.05. The van der Waals surface area contributed by atoms with E-state index in [1.807, 2.05) is 0 Å². The summed E-state index contributed by atoms with van der Waals surface area (Å²) in [4.78, 5) is 4.50. The van der Waals surface area contributed by atoms with Gasteiger partial charge in [-0.05, 0) is 43.4 Å². The summed E-state index contributed by atoms with van der Waals surface area (Å²) >= 11 is 0. The van der Waals surface area contributed by atoms with E-state index in [1.54, 1.807) is 0 Å². The van der Waals surface area contributed by atoms with Gasteiger partial charge in [0.1, 0.15) is 0 Å². The molecule has 0 radical (unpaired) electrons. The molecule has 21 heavy (non-hydrogen) atoms. The van der Waals surface area contributed by atoms with Gasteiger partial charge in [-0.15, -0.1) is 0 Å². The molecule has 0 saturated carbocycles. The van der Waals surface area contributed by atoms with Crippen LogP contribution in [0.1, 0.15) is 55.4 Å². The highest BCUT2D eigenvalue weighted by atomic mass is 16.5. The van der Waals surface area contributed by atoms with Crippen LogP contribution in [0.5, 0.6) is 0 Å². The van der Waals surface area contributed by atoms with E-state index in [1.165, 1.54) is 16.8 Å². The lowest BCUT2D eigenvalue weighted by molar-refractivity contribution is 0.345. The number of aromatic nitrogens is 2. The van der Waals surface area contributed by atoms with Crippen LogP contribution in [-0.2, 0) is 12.8 Å². The number of benzene rings is 1. The van der Waals surface area contributed by atoms with Crippen LogP contribution in [0.2, 0.25) is 0 Å². The highest BCUT2D eigenvalue weighted by Crippen LogP contribution is 2.31.